The lowest BCUT2D eigenvalue weighted by Gasteiger charge is -2.18. The second kappa shape index (κ2) is 11.4. The highest BCUT2D eigenvalue weighted by Gasteiger charge is 2.29. The first kappa shape index (κ1) is 25.4. The molecule has 6 nitrogen and oxygen atoms in total. The second-order valence-electron chi connectivity index (χ2n) is 8.62. The van der Waals surface area contributed by atoms with Crippen molar-refractivity contribution in [2.75, 3.05) is 18.1 Å². The molecule has 4 aromatic rings. The van der Waals surface area contributed by atoms with Gasteiger partial charge in [-0.3, -0.25) is 9.59 Å². The third-order valence-corrected chi connectivity index (χ3v) is 6.55. The number of aromatic nitrogens is 1. The third-order valence-electron chi connectivity index (χ3n) is 5.56. The van der Waals surface area contributed by atoms with Crippen molar-refractivity contribution in [1.82, 2.24) is 4.98 Å². The number of carbonyl (C=O) groups excluding carboxylic acids is 2. The van der Waals surface area contributed by atoms with Crippen LogP contribution in [0.1, 0.15) is 58.5 Å². The molecule has 0 atom stereocenters. The van der Waals surface area contributed by atoms with Crippen LogP contribution in [0.15, 0.2) is 60.7 Å². The van der Waals surface area contributed by atoms with Crippen molar-refractivity contribution < 1.29 is 19.1 Å². The van der Waals surface area contributed by atoms with E-state index in [-0.39, 0.29) is 0 Å². The zero-order valence-electron chi connectivity index (χ0n) is 21.0. The largest absolute Gasteiger partial charge is 0.494 e. The van der Waals surface area contributed by atoms with Crippen LogP contribution in [-0.2, 0) is 0 Å². The standard InChI is InChI=1S/C29H30N2O4S/c1-5-15-34-23-11-7-21(8-12-23)27(32)31(28(33)22-9-13-24(14-10-22)35-16-6-2)29-30-26-20(4)17-19(3)18-25(26)36-29/h7-14,17-18H,5-6,15-16H2,1-4H3. The zero-order valence-corrected chi connectivity index (χ0v) is 21.9. The molecule has 0 fully saturated rings. The maximum Gasteiger partial charge on any atom is 0.267 e. The Bertz CT molecular complexity index is 1300. The van der Waals surface area contributed by atoms with Crippen LogP contribution in [0.4, 0.5) is 5.13 Å². The number of amides is 2. The Labute approximate surface area is 215 Å². The van der Waals surface area contributed by atoms with E-state index in [0.717, 1.165) is 34.2 Å². The first-order chi connectivity index (χ1) is 17.4. The van der Waals surface area contributed by atoms with E-state index in [9.17, 15) is 9.59 Å². The number of imide groups is 1. The lowest BCUT2D eigenvalue weighted by molar-refractivity contribution is 0.0897. The molecule has 0 aliphatic heterocycles. The molecule has 0 spiro atoms. The van der Waals surface area contributed by atoms with Gasteiger partial charge < -0.3 is 9.47 Å². The summed E-state index contributed by atoms with van der Waals surface area (Å²) < 4.78 is 12.2. The summed E-state index contributed by atoms with van der Waals surface area (Å²) in [5.74, 6) is 0.476. The van der Waals surface area contributed by atoms with Crippen LogP contribution in [0.3, 0.4) is 0 Å². The molecular weight excluding hydrogens is 472 g/mol. The maximum absolute atomic E-state index is 13.7. The van der Waals surface area contributed by atoms with Gasteiger partial charge in [0.1, 0.15) is 11.5 Å². The summed E-state index contributed by atoms with van der Waals surface area (Å²) >= 11 is 1.33. The van der Waals surface area contributed by atoms with Gasteiger partial charge >= 0.3 is 0 Å². The van der Waals surface area contributed by atoms with Crippen LogP contribution >= 0.6 is 11.3 Å². The molecule has 0 unspecified atom stereocenters. The van der Waals surface area contributed by atoms with Crippen LogP contribution in [0.25, 0.3) is 10.2 Å². The van der Waals surface area contributed by atoms with Crippen molar-refractivity contribution in [3.05, 3.63) is 82.9 Å². The molecule has 0 radical (unpaired) electrons. The van der Waals surface area contributed by atoms with Gasteiger partial charge in [-0.2, -0.15) is 0 Å². The Hall–Kier alpha value is -3.71. The van der Waals surface area contributed by atoms with Gasteiger partial charge in [-0.15, -0.1) is 0 Å². The number of hydrogen-bond donors (Lipinski definition) is 0. The van der Waals surface area contributed by atoms with Gasteiger partial charge in [0.2, 0.25) is 5.13 Å². The molecule has 0 aliphatic carbocycles. The van der Waals surface area contributed by atoms with E-state index in [1.165, 1.54) is 16.2 Å². The molecule has 1 heterocycles. The predicted molar refractivity (Wildman–Crippen MR) is 145 cm³/mol. The minimum atomic E-state index is -0.443. The Morgan fingerprint density at radius 1 is 0.806 bits per heavy atom. The number of ether oxygens (including phenoxy) is 2. The topological polar surface area (TPSA) is 68.7 Å². The molecule has 186 valence electrons. The number of benzene rings is 3. The summed E-state index contributed by atoms with van der Waals surface area (Å²) in [6.07, 6.45) is 1.78. The predicted octanol–water partition coefficient (Wildman–Crippen LogP) is 6.98. The fourth-order valence-corrected chi connectivity index (χ4v) is 4.94. The van der Waals surface area contributed by atoms with Crippen molar-refractivity contribution in [1.29, 1.82) is 0 Å². The Morgan fingerprint density at radius 2 is 1.31 bits per heavy atom. The van der Waals surface area contributed by atoms with E-state index in [1.807, 2.05) is 39.8 Å². The number of fused-ring (bicyclic) bond motifs is 1. The van der Waals surface area contributed by atoms with Crippen molar-refractivity contribution in [2.24, 2.45) is 0 Å². The number of carbonyl (C=O) groups is 2. The molecule has 0 saturated heterocycles. The number of anilines is 1. The molecule has 0 saturated carbocycles. The van der Waals surface area contributed by atoms with Gasteiger partial charge in [0, 0.05) is 11.1 Å². The third kappa shape index (κ3) is 5.57. The van der Waals surface area contributed by atoms with Crippen LogP contribution in [-0.4, -0.2) is 30.0 Å². The van der Waals surface area contributed by atoms with E-state index in [1.54, 1.807) is 48.5 Å². The highest BCUT2D eigenvalue weighted by atomic mass is 32.1. The maximum atomic E-state index is 13.7. The normalized spacial score (nSPS) is 10.9. The molecular formula is C29H30N2O4S. The van der Waals surface area contributed by atoms with Gasteiger partial charge in [0.15, 0.2) is 0 Å². The molecule has 0 bridgehead atoms. The fourth-order valence-electron chi connectivity index (χ4n) is 3.81. The van der Waals surface area contributed by atoms with E-state index in [4.69, 9.17) is 14.5 Å². The quantitative estimate of drug-likeness (QED) is 0.231. The van der Waals surface area contributed by atoms with Crippen molar-refractivity contribution in [3.8, 4) is 11.5 Å². The molecule has 3 aromatic carbocycles. The Morgan fingerprint density at radius 3 is 1.78 bits per heavy atom. The first-order valence-corrected chi connectivity index (χ1v) is 12.9. The summed E-state index contributed by atoms with van der Waals surface area (Å²) in [4.78, 5) is 33.3. The number of hydrogen-bond acceptors (Lipinski definition) is 6. The van der Waals surface area contributed by atoms with E-state index in [2.05, 4.69) is 0 Å². The van der Waals surface area contributed by atoms with Crippen LogP contribution in [0, 0.1) is 13.8 Å². The molecule has 36 heavy (non-hydrogen) atoms. The number of aryl methyl sites for hydroxylation is 2. The monoisotopic (exact) mass is 502 g/mol. The van der Waals surface area contributed by atoms with Crippen molar-refractivity contribution >= 4 is 38.5 Å². The minimum Gasteiger partial charge on any atom is -0.494 e. The number of rotatable bonds is 9. The van der Waals surface area contributed by atoms with Gasteiger partial charge in [-0.1, -0.05) is 31.3 Å². The number of thiazole rings is 1. The Balaban J connectivity index is 1.72. The summed E-state index contributed by atoms with van der Waals surface area (Å²) in [5.41, 5.74) is 3.65. The summed E-state index contributed by atoms with van der Waals surface area (Å²) in [7, 11) is 0. The lowest BCUT2D eigenvalue weighted by atomic mass is 10.1. The first-order valence-electron chi connectivity index (χ1n) is 12.1. The Kier molecular flexibility index (Phi) is 8.00. The summed E-state index contributed by atoms with van der Waals surface area (Å²) in [5, 5.41) is 0.339. The molecule has 0 N–H and O–H groups in total. The van der Waals surface area contributed by atoms with Gasteiger partial charge in [0.05, 0.1) is 23.4 Å². The average molecular weight is 503 g/mol. The van der Waals surface area contributed by atoms with Crippen LogP contribution in [0.5, 0.6) is 11.5 Å². The number of nitrogens with zero attached hydrogens (tertiary/aromatic N) is 2. The van der Waals surface area contributed by atoms with E-state index >= 15 is 0 Å². The van der Waals surface area contributed by atoms with E-state index in [0.29, 0.717) is 41.0 Å². The molecule has 0 aliphatic rings. The van der Waals surface area contributed by atoms with E-state index < -0.39 is 11.8 Å². The van der Waals surface area contributed by atoms with Crippen LogP contribution < -0.4 is 14.4 Å². The molecule has 1 aromatic heterocycles. The van der Waals surface area contributed by atoms with Gasteiger partial charge in [-0.05, 0) is 92.4 Å². The van der Waals surface area contributed by atoms with Gasteiger partial charge in [-0.25, -0.2) is 9.88 Å². The second-order valence-corrected chi connectivity index (χ2v) is 9.63. The summed E-state index contributed by atoms with van der Waals surface area (Å²) in [6.45, 7) is 9.26. The molecule has 4 rings (SSSR count). The highest BCUT2D eigenvalue weighted by Crippen LogP contribution is 2.33. The highest BCUT2D eigenvalue weighted by molar-refractivity contribution is 7.22. The lowest BCUT2D eigenvalue weighted by Crippen LogP contribution is -2.37. The fraction of sp³-hybridized carbons (Fsp3) is 0.276. The van der Waals surface area contributed by atoms with Gasteiger partial charge in [0.25, 0.3) is 11.8 Å². The smallest absolute Gasteiger partial charge is 0.267 e. The van der Waals surface area contributed by atoms with Crippen LogP contribution in [0.2, 0.25) is 0 Å². The molecule has 2 amide bonds. The SMILES string of the molecule is CCCOc1ccc(C(=O)N(C(=O)c2ccc(OCCC)cc2)c2nc3c(C)cc(C)cc3s2)cc1. The zero-order chi connectivity index (χ0) is 25.7. The minimum absolute atomic E-state index is 0.339. The average Bonchev–Trinajstić information content (AvgIpc) is 3.30. The summed E-state index contributed by atoms with van der Waals surface area (Å²) in [6, 6.07) is 17.8. The van der Waals surface area contributed by atoms with Crippen molar-refractivity contribution in [3.63, 3.8) is 0 Å². The molecule has 7 heteroatoms. The van der Waals surface area contributed by atoms with Crippen molar-refractivity contribution in [2.45, 2.75) is 40.5 Å².